The fourth-order valence-electron chi connectivity index (χ4n) is 8.48. The summed E-state index contributed by atoms with van der Waals surface area (Å²) >= 11 is 0. The molecule has 1 aliphatic heterocycles. The number of nitrogens with zero attached hydrogens (tertiary/aromatic N) is 2. The van der Waals surface area contributed by atoms with Crippen LogP contribution in [0.15, 0.2) is 170 Å². The highest BCUT2D eigenvalue weighted by Gasteiger charge is 2.33. The molecule has 1 heterocycles. The summed E-state index contributed by atoms with van der Waals surface area (Å²) in [6.45, 7) is 0.607. The molecule has 0 N–H and O–H groups in total. The summed E-state index contributed by atoms with van der Waals surface area (Å²) in [5.41, 5.74) is 9.04. The Hall–Kier alpha value is -6.78. The maximum Gasteiger partial charge on any atom is 0.127 e. The third-order valence-corrected chi connectivity index (χ3v) is 10.9. The molecule has 0 unspecified atom stereocenters. The van der Waals surface area contributed by atoms with Gasteiger partial charge in [-0.05, 0) is 79.5 Å². The number of para-hydroxylation sites is 2. The quantitative estimate of drug-likeness (QED) is 0.174. The minimum Gasteiger partial charge on any atom is -0.496 e. The molecule has 4 nitrogen and oxygen atoms in total. The van der Waals surface area contributed by atoms with E-state index >= 15 is 0 Å². The number of methoxy groups -OCH3 is 2. The van der Waals surface area contributed by atoms with Gasteiger partial charge in [0.25, 0.3) is 0 Å². The standard InChI is InChI=1S/C49H36N2O2/c1-52-44-29-25-34-15-5-9-19-38(34)48(44)46-36-17-7-3-13-32(36)23-27-42(46)50-31-51(41-22-12-11-21-40(41)50)43-28-24-33-14-4-8-18-37(33)47(43)49-39-20-10-6-16-35(39)26-30-45(49)53-2/h3-30H,31H2,1-2H3. The van der Waals surface area contributed by atoms with Crippen LogP contribution in [0, 0.1) is 0 Å². The molecule has 0 fully saturated rings. The first-order valence-corrected chi connectivity index (χ1v) is 18.0. The van der Waals surface area contributed by atoms with Gasteiger partial charge in [0.15, 0.2) is 0 Å². The summed E-state index contributed by atoms with van der Waals surface area (Å²) in [7, 11) is 3.54. The fourth-order valence-corrected chi connectivity index (χ4v) is 8.48. The number of hydrogen-bond donors (Lipinski definition) is 0. The average Bonchev–Trinajstić information content (AvgIpc) is 3.61. The van der Waals surface area contributed by atoms with Crippen molar-refractivity contribution in [3.05, 3.63) is 170 Å². The molecule has 0 saturated carbocycles. The predicted octanol–water partition coefficient (Wildman–Crippen LogP) is 12.9. The van der Waals surface area contributed by atoms with Crippen molar-refractivity contribution < 1.29 is 9.47 Å². The van der Waals surface area contributed by atoms with Crippen molar-refractivity contribution in [1.29, 1.82) is 0 Å². The van der Waals surface area contributed by atoms with Crippen molar-refractivity contribution in [2.45, 2.75) is 0 Å². The van der Waals surface area contributed by atoms with Crippen molar-refractivity contribution in [2.75, 3.05) is 30.7 Å². The van der Waals surface area contributed by atoms with E-state index in [1.54, 1.807) is 14.2 Å². The molecule has 1 aliphatic rings. The van der Waals surface area contributed by atoms with Crippen LogP contribution in [0.5, 0.6) is 11.5 Å². The van der Waals surface area contributed by atoms with Crippen LogP contribution in [0.4, 0.5) is 22.7 Å². The molecule has 53 heavy (non-hydrogen) atoms. The van der Waals surface area contributed by atoms with Crippen molar-refractivity contribution in [2.24, 2.45) is 0 Å². The normalized spacial score (nSPS) is 12.6. The lowest BCUT2D eigenvalue weighted by molar-refractivity contribution is 0.417. The van der Waals surface area contributed by atoms with Gasteiger partial charge in [0.1, 0.15) is 18.2 Å². The number of ether oxygens (including phenoxy) is 2. The Morgan fingerprint density at radius 2 is 0.642 bits per heavy atom. The summed E-state index contributed by atoms with van der Waals surface area (Å²) in [4.78, 5) is 4.94. The maximum absolute atomic E-state index is 6.16. The molecule has 0 radical (unpaired) electrons. The van der Waals surface area contributed by atoms with E-state index < -0.39 is 0 Å². The molecule has 0 amide bonds. The first kappa shape index (κ1) is 31.0. The first-order chi connectivity index (χ1) is 26.2. The summed E-state index contributed by atoms with van der Waals surface area (Å²) in [6.07, 6.45) is 0. The van der Waals surface area contributed by atoms with Crippen LogP contribution in [0.2, 0.25) is 0 Å². The molecule has 0 aliphatic carbocycles. The zero-order valence-corrected chi connectivity index (χ0v) is 29.6. The number of anilines is 4. The van der Waals surface area contributed by atoms with Crippen LogP contribution in [0.25, 0.3) is 65.3 Å². The molecule has 254 valence electrons. The van der Waals surface area contributed by atoms with E-state index in [-0.39, 0.29) is 0 Å². The molecule has 9 aromatic rings. The van der Waals surface area contributed by atoms with E-state index in [4.69, 9.17) is 9.47 Å². The van der Waals surface area contributed by atoms with Gasteiger partial charge >= 0.3 is 0 Å². The topological polar surface area (TPSA) is 24.9 Å². The Kier molecular flexibility index (Phi) is 7.29. The smallest absolute Gasteiger partial charge is 0.127 e. The van der Waals surface area contributed by atoms with E-state index in [0.717, 1.165) is 67.3 Å². The third kappa shape index (κ3) is 4.83. The number of rotatable bonds is 6. The molecule has 10 rings (SSSR count). The summed E-state index contributed by atoms with van der Waals surface area (Å²) in [6, 6.07) is 60.9. The van der Waals surface area contributed by atoms with E-state index in [2.05, 4.69) is 180 Å². The summed E-state index contributed by atoms with van der Waals surface area (Å²) < 4.78 is 12.3. The lowest BCUT2D eigenvalue weighted by Gasteiger charge is -2.28. The van der Waals surface area contributed by atoms with Crippen molar-refractivity contribution in [1.82, 2.24) is 0 Å². The second kappa shape index (κ2) is 12.5. The Morgan fingerprint density at radius 3 is 1.02 bits per heavy atom. The van der Waals surface area contributed by atoms with Gasteiger partial charge in [-0.1, -0.05) is 133 Å². The van der Waals surface area contributed by atoms with Crippen LogP contribution in [-0.4, -0.2) is 20.9 Å². The van der Waals surface area contributed by atoms with Gasteiger partial charge in [-0.15, -0.1) is 0 Å². The van der Waals surface area contributed by atoms with E-state index in [0.29, 0.717) is 6.67 Å². The molecule has 0 atom stereocenters. The Balaban J connectivity index is 1.25. The monoisotopic (exact) mass is 684 g/mol. The van der Waals surface area contributed by atoms with Crippen LogP contribution in [-0.2, 0) is 0 Å². The van der Waals surface area contributed by atoms with Gasteiger partial charge in [-0.3, -0.25) is 0 Å². The van der Waals surface area contributed by atoms with Crippen molar-refractivity contribution in [3.63, 3.8) is 0 Å². The molecule has 0 aromatic heterocycles. The van der Waals surface area contributed by atoms with E-state index in [9.17, 15) is 0 Å². The van der Waals surface area contributed by atoms with Gasteiger partial charge in [-0.2, -0.15) is 0 Å². The molecule has 0 spiro atoms. The average molecular weight is 685 g/mol. The Morgan fingerprint density at radius 1 is 0.321 bits per heavy atom. The molecule has 9 aromatic carbocycles. The molecule has 0 saturated heterocycles. The second-order valence-electron chi connectivity index (χ2n) is 13.6. The number of benzene rings is 9. The first-order valence-electron chi connectivity index (χ1n) is 18.0. The van der Waals surface area contributed by atoms with Gasteiger partial charge in [-0.25, -0.2) is 0 Å². The maximum atomic E-state index is 6.16. The highest BCUT2D eigenvalue weighted by Crippen LogP contribution is 2.54. The van der Waals surface area contributed by atoms with Crippen molar-refractivity contribution in [3.8, 4) is 33.8 Å². The van der Waals surface area contributed by atoms with Gasteiger partial charge < -0.3 is 19.3 Å². The largest absolute Gasteiger partial charge is 0.496 e. The van der Waals surface area contributed by atoms with Gasteiger partial charge in [0.2, 0.25) is 0 Å². The van der Waals surface area contributed by atoms with Crippen LogP contribution < -0.4 is 19.3 Å². The van der Waals surface area contributed by atoms with Crippen LogP contribution in [0.1, 0.15) is 0 Å². The molecular formula is C49H36N2O2. The molecular weight excluding hydrogens is 649 g/mol. The van der Waals surface area contributed by atoms with E-state index in [1.807, 2.05) is 0 Å². The highest BCUT2D eigenvalue weighted by atomic mass is 16.5. The SMILES string of the molecule is COc1ccc2ccccc2c1-c1c(N2CN(c3ccc4ccccc4c3-c3c(OC)ccc4ccccc34)c3ccccc32)ccc2ccccc12. The van der Waals surface area contributed by atoms with Gasteiger partial charge in [0.05, 0.1) is 37.0 Å². The molecule has 4 heteroatoms. The predicted molar refractivity (Wildman–Crippen MR) is 222 cm³/mol. The summed E-state index contributed by atoms with van der Waals surface area (Å²) in [5, 5.41) is 9.41. The Labute approximate surface area is 308 Å². The lowest BCUT2D eigenvalue weighted by atomic mass is 9.91. The van der Waals surface area contributed by atoms with Crippen LogP contribution >= 0.6 is 0 Å². The fraction of sp³-hybridized carbons (Fsp3) is 0.0612. The minimum atomic E-state index is 0.607. The second-order valence-corrected chi connectivity index (χ2v) is 13.6. The number of hydrogen-bond acceptors (Lipinski definition) is 4. The molecule has 0 bridgehead atoms. The Bertz CT molecular complexity index is 2680. The zero-order chi connectivity index (χ0) is 35.5. The third-order valence-electron chi connectivity index (χ3n) is 10.9. The number of fused-ring (bicyclic) bond motifs is 5. The van der Waals surface area contributed by atoms with E-state index in [1.165, 1.54) is 32.3 Å². The highest BCUT2D eigenvalue weighted by molar-refractivity contribution is 6.15. The summed E-state index contributed by atoms with van der Waals surface area (Å²) in [5.74, 6) is 1.70. The zero-order valence-electron chi connectivity index (χ0n) is 29.6. The van der Waals surface area contributed by atoms with Crippen LogP contribution in [0.3, 0.4) is 0 Å². The van der Waals surface area contributed by atoms with Gasteiger partial charge in [0, 0.05) is 22.3 Å². The van der Waals surface area contributed by atoms with Crippen molar-refractivity contribution >= 4 is 65.8 Å². The lowest BCUT2D eigenvalue weighted by Crippen LogP contribution is -2.25. The minimum absolute atomic E-state index is 0.607.